The Bertz CT molecular complexity index is 1060. The van der Waals surface area contributed by atoms with Crippen molar-refractivity contribution in [1.29, 1.82) is 0 Å². The van der Waals surface area contributed by atoms with Gasteiger partial charge in [0.25, 0.3) is 5.91 Å². The van der Waals surface area contributed by atoms with E-state index in [2.05, 4.69) is 46.7 Å². The van der Waals surface area contributed by atoms with Gasteiger partial charge in [0.15, 0.2) is 0 Å². The van der Waals surface area contributed by atoms with Crippen molar-refractivity contribution >= 4 is 11.6 Å². The van der Waals surface area contributed by atoms with Crippen LogP contribution < -0.4 is 5.32 Å². The third-order valence-electron chi connectivity index (χ3n) is 4.45. The molecule has 0 aliphatic carbocycles. The van der Waals surface area contributed by atoms with Gasteiger partial charge in [-0.3, -0.25) is 14.2 Å². The van der Waals surface area contributed by atoms with Gasteiger partial charge in [-0.2, -0.15) is 10.2 Å². The second-order valence-electron chi connectivity index (χ2n) is 6.77. The molecule has 140 valence electrons. The monoisotopic (exact) mass is 371 g/mol. The van der Waals surface area contributed by atoms with Crippen molar-refractivity contribution in [2.24, 2.45) is 0 Å². The van der Waals surface area contributed by atoms with Crippen LogP contribution in [0.1, 0.15) is 27.0 Å². The molecule has 4 aromatic rings. The Morgan fingerprint density at radius 1 is 0.964 bits per heavy atom. The van der Waals surface area contributed by atoms with Crippen LogP contribution in [-0.4, -0.2) is 25.5 Å². The summed E-state index contributed by atoms with van der Waals surface area (Å²) in [6, 6.07) is 17.8. The SMILES string of the molecule is Cc1ccc(Cn2cc(NC(=O)c3cccc(Cn4cccn4)c3)cn2)cc1. The topological polar surface area (TPSA) is 64.7 Å². The van der Waals surface area contributed by atoms with Gasteiger partial charge < -0.3 is 5.32 Å². The van der Waals surface area contributed by atoms with Crippen LogP contribution in [-0.2, 0) is 13.1 Å². The molecular formula is C22H21N5O. The van der Waals surface area contributed by atoms with Crippen LogP contribution in [0.25, 0.3) is 0 Å². The van der Waals surface area contributed by atoms with Gasteiger partial charge in [0.05, 0.1) is 25.0 Å². The number of aromatic nitrogens is 4. The van der Waals surface area contributed by atoms with Crippen molar-refractivity contribution < 1.29 is 4.79 Å². The summed E-state index contributed by atoms with van der Waals surface area (Å²) in [6.07, 6.45) is 7.14. The molecule has 0 aliphatic rings. The van der Waals surface area contributed by atoms with E-state index in [0.717, 1.165) is 11.1 Å². The number of carbonyl (C=O) groups excluding carboxylic acids is 1. The van der Waals surface area contributed by atoms with E-state index in [1.807, 2.05) is 46.0 Å². The van der Waals surface area contributed by atoms with Crippen LogP contribution in [0.15, 0.2) is 79.4 Å². The standard InChI is InChI=1S/C22H21N5O/c1-17-6-8-18(9-7-17)14-27-16-21(13-24-27)25-22(28)20-5-2-4-19(12-20)15-26-11-3-10-23-26/h2-13,16H,14-15H2,1H3,(H,25,28). The number of benzene rings is 2. The molecule has 0 aliphatic heterocycles. The molecule has 0 atom stereocenters. The number of nitrogens with zero attached hydrogens (tertiary/aromatic N) is 4. The van der Waals surface area contributed by atoms with Crippen molar-refractivity contribution in [2.75, 3.05) is 5.32 Å². The molecule has 2 heterocycles. The highest BCUT2D eigenvalue weighted by atomic mass is 16.1. The lowest BCUT2D eigenvalue weighted by Gasteiger charge is -2.06. The molecule has 1 amide bonds. The van der Waals surface area contributed by atoms with Gasteiger partial charge in [-0.25, -0.2) is 0 Å². The Morgan fingerprint density at radius 3 is 2.57 bits per heavy atom. The smallest absolute Gasteiger partial charge is 0.255 e. The molecule has 2 aromatic heterocycles. The summed E-state index contributed by atoms with van der Waals surface area (Å²) in [5.41, 5.74) is 4.70. The first-order valence-electron chi connectivity index (χ1n) is 9.11. The predicted molar refractivity (Wildman–Crippen MR) is 108 cm³/mol. The lowest BCUT2D eigenvalue weighted by Crippen LogP contribution is -2.12. The van der Waals surface area contributed by atoms with Crippen LogP contribution in [0.3, 0.4) is 0 Å². The van der Waals surface area contributed by atoms with Gasteiger partial charge >= 0.3 is 0 Å². The second kappa shape index (κ2) is 7.92. The first-order chi connectivity index (χ1) is 13.7. The van der Waals surface area contributed by atoms with Gasteiger partial charge in [0, 0.05) is 24.2 Å². The third-order valence-corrected chi connectivity index (χ3v) is 4.45. The highest BCUT2D eigenvalue weighted by molar-refractivity contribution is 6.04. The molecular weight excluding hydrogens is 350 g/mol. The lowest BCUT2D eigenvalue weighted by atomic mass is 10.1. The molecule has 28 heavy (non-hydrogen) atoms. The normalized spacial score (nSPS) is 10.8. The zero-order chi connectivity index (χ0) is 19.3. The van der Waals surface area contributed by atoms with Crippen LogP contribution in [0.4, 0.5) is 5.69 Å². The van der Waals surface area contributed by atoms with E-state index in [0.29, 0.717) is 24.3 Å². The van der Waals surface area contributed by atoms with Gasteiger partial charge in [-0.15, -0.1) is 0 Å². The minimum atomic E-state index is -0.155. The molecule has 1 N–H and O–H groups in total. The van der Waals surface area contributed by atoms with Crippen molar-refractivity contribution in [3.05, 3.63) is 102 Å². The largest absolute Gasteiger partial charge is 0.319 e. The summed E-state index contributed by atoms with van der Waals surface area (Å²) in [5.74, 6) is -0.155. The fraction of sp³-hybridized carbons (Fsp3) is 0.136. The summed E-state index contributed by atoms with van der Waals surface area (Å²) in [6.45, 7) is 3.35. The van der Waals surface area contributed by atoms with Crippen LogP contribution in [0.2, 0.25) is 0 Å². The number of aryl methyl sites for hydroxylation is 1. The number of nitrogens with one attached hydrogen (secondary N) is 1. The molecule has 0 unspecified atom stereocenters. The van der Waals surface area contributed by atoms with E-state index in [4.69, 9.17) is 0 Å². The molecule has 4 rings (SSSR count). The maximum atomic E-state index is 12.6. The summed E-state index contributed by atoms with van der Waals surface area (Å²) in [5, 5.41) is 11.5. The Hall–Kier alpha value is -3.67. The number of amides is 1. The average Bonchev–Trinajstić information content (AvgIpc) is 3.36. The number of anilines is 1. The molecule has 0 radical (unpaired) electrons. The van der Waals surface area contributed by atoms with Gasteiger partial charge in [0.2, 0.25) is 0 Å². The van der Waals surface area contributed by atoms with Crippen LogP contribution >= 0.6 is 0 Å². The summed E-state index contributed by atoms with van der Waals surface area (Å²) in [4.78, 5) is 12.6. The van der Waals surface area contributed by atoms with E-state index < -0.39 is 0 Å². The van der Waals surface area contributed by atoms with E-state index in [9.17, 15) is 4.79 Å². The van der Waals surface area contributed by atoms with E-state index >= 15 is 0 Å². The van der Waals surface area contributed by atoms with E-state index in [-0.39, 0.29) is 5.91 Å². The fourth-order valence-electron chi connectivity index (χ4n) is 2.99. The minimum Gasteiger partial charge on any atom is -0.319 e. The fourth-order valence-corrected chi connectivity index (χ4v) is 2.99. The molecule has 2 aromatic carbocycles. The number of hydrogen-bond donors (Lipinski definition) is 1. The molecule has 0 saturated heterocycles. The van der Waals surface area contributed by atoms with Crippen molar-refractivity contribution in [3.8, 4) is 0 Å². The molecule has 0 fully saturated rings. The molecule has 0 saturated carbocycles. The van der Waals surface area contributed by atoms with Gasteiger partial charge in [0.1, 0.15) is 0 Å². The molecule has 0 spiro atoms. The Kier molecular flexibility index (Phi) is 5.01. The lowest BCUT2D eigenvalue weighted by molar-refractivity contribution is 0.102. The van der Waals surface area contributed by atoms with Crippen molar-refractivity contribution in [2.45, 2.75) is 20.0 Å². The van der Waals surface area contributed by atoms with Crippen molar-refractivity contribution in [3.63, 3.8) is 0 Å². The Morgan fingerprint density at radius 2 is 1.79 bits per heavy atom. The highest BCUT2D eigenvalue weighted by Crippen LogP contribution is 2.12. The minimum absolute atomic E-state index is 0.155. The van der Waals surface area contributed by atoms with Crippen LogP contribution in [0.5, 0.6) is 0 Å². The molecule has 0 bridgehead atoms. The molecule has 6 nitrogen and oxygen atoms in total. The number of rotatable bonds is 6. The quantitative estimate of drug-likeness (QED) is 0.562. The Labute approximate surface area is 163 Å². The van der Waals surface area contributed by atoms with Gasteiger partial charge in [-0.05, 0) is 36.2 Å². The number of carbonyl (C=O) groups is 1. The number of hydrogen-bond acceptors (Lipinski definition) is 3. The second-order valence-corrected chi connectivity index (χ2v) is 6.77. The zero-order valence-electron chi connectivity index (χ0n) is 15.6. The summed E-state index contributed by atoms with van der Waals surface area (Å²) < 4.78 is 3.64. The highest BCUT2D eigenvalue weighted by Gasteiger charge is 2.09. The van der Waals surface area contributed by atoms with E-state index in [1.54, 1.807) is 18.5 Å². The predicted octanol–water partition coefficient (Wildman–Crippen LogP) is 3.74. The Balaban J connectivity index is 1.41. The maximum Gasteiger partial charge on any atom is 0.255 e. The van der Waals surface area contributed by atoms with Crippen molar-refractivity contribution in [1.82, 2.24) is 19.6 Å². The first-order valence-corrected chi connectivity index (χ1v) is 9.11. The first kappa shape index (κ1) is 17.7. The van der Waals surface area contributed by atoms with E-state index in [1.165, 1.54) is 5.56 Å². The summed E-state index contributed by atoms with van der Waals surface area (Å²) in [7, 11) is 0. The average molecular weight is 371 g/mol. The zero-order valence-corrected chi connectivity index (χ0v) is 15.6. The van der Waals surface area contributed by atoms with Gasteiger partial charge in [-0.1, -0.05) is 42.0 Å². The third kappa shape index (κ3) is 4.35. The van der Waals surface area contributed by atoms with Crippen LogP contribution in [0, 0.1) is 6.92 Å². The summed E-state index contributed by atoms with van der Waals surface area (Å²) >= 11 is 0. The maximum absolute atomic E-state index is 12.6. The molecule has 6 heteroatoms.